The van der Waals surface area contributed by atoms with E-state index in [9.17, 15) is 4.79 Å². The first-order valence-corrected chi connectivity index (χ1v) is 10.3. The molecular weight excluding hydrogens is 398 g/mol. The van der Waals surface area contributed by atoms with Gasteiger partial charge in [-0.3, -0.25) is 10.1 Å². The Kier molecular flexibility index (Phi) is 6.94. The number of piperidine rings is 1. The summed E-state index contributed by atoms with van der Waals surface area (Å²) in [6.45, 7) is 7.11. The van der Waals surface area contributed by atoms with Crippen LogP contribution in [0.2, 0.25) is 0 Å². The third-order valence-electron chi connectivity index (χ3n) is 5.00. The van der Waals surface area contributed by atoms with Gasteiger partial charge in [0.2, 0.25) is 22.9 Å². The van der Waals surface area contributed by atoms with Gasteiger partial charge in [0, 0.05) is 36.1 Å². The van der Waals surface area contributed by atoms with E-state index < -0.39 is 0 Å². The zero-order valence-corrected chi connectivity index (χ0v) is 18.3. The number of primary amides is 1. The van der Waals surface area contributed by atoms with Gasteiger partial charge in [0.25, 0.3) is 0 Å². The number of benzene rings is 1. The molecule has 0 aliphatic carbocycles. The van der Waals surface area contributed by atoms with Crippen LogP contribution in [0, 0.1) is 26.7 Å². The number of aliphatic imine (C=N–C) groups is 1. The van der Waals surface area contributed by atoms with E-state index in [-0.39, 0.29) is 11.8 Å². The number of nitrogens with two attached hydrogens (primary N) is 1. The SMILES string of the molecule is Cc1cc(C)nc(N/C(=N/C(=S)Nc2ccccc2C)N2CCC(C(N)=O)CC2)n1. The highest BCUT2D eigenvalue weighted by Crippen LogP contribution is 2.18. The number of anilines is 2. The molecule has 2 aromatic rings. The minimum Gasteiger partial charge on any atom is -0.369 e. The second-order valence-corrected chi connectivity index (χ2v) is 7.83. The zero-order valence-electron chi connectivity index (χ0n) is 17.5. The number of nitrogens with zero attached hydrogens (tertiary/aromatic N) is 4. The molecule has 1 aliphatic heterocycles. The predicted molar refractivity (Wildman–Crippen MR) is 123 cm³/mol. The molecule has 30 heavy (non-hydrogen) atoms. The van der Waals surface area contributed by atoms with Crippen LogP contribution in [0.1, 0.15) is 29.8 Å². The summed E-state index contributed by atoms with van der Waals surface area (Å²) in [6.07, 6.45) is 1.34. The first-order chi connectivity index (χ1) is 14.3. The van der Waals surface area contributed by atoms with Crippen molar-refractivity contribution in [2.45, 2.75) is 33.6 Å². The molecule has 0 spiro atoms. The van der Waals surface area contributed by atoms with Gasteiger partial charge in [-0.1, -0.05) is 18.2 Å². The number of rotatable bonds is 3. The molecule has 1 fully saturated rings. The average Bonchev–Trinajstić information content (AvgIpc) is 2.68. The van der Waals surface area contributed by atoms with E-state index in [1.54, 1.807) is 0 Å². The Labute approximate surface area is 182 Å². The number of aryl methyl sites for hydroxylation is 3. The second-order valence-electron chi connectivity index (χ2n) is 7.44. The number of hydrogen-bond acceptors (Lipinski definition) is 4. The van der Waals surface area contributed by atoms with Gasteiger partial charge in [-0.05, 0) is 63.5 Å². The van der Waals surface area contributed by atoms with E-state index >= 15 is 0 Å². The lowest BCUT2D eigenvalue weighted by Gasteiger charge is -2.32. The summed E-state index contributed by atoms with van der Waals surface area (Å²) < 4.78 is 0. The molecule has 158 valence electrons. The summed E-state index contributed by atoms with van der Waals surface area (Å²) in [7, 11) is 0. The highest BCUT2D eigenvalue weighted by Gasteiger charge is 2.25. The van der Waals surface area contributed by atoms with Crippen LogP contribution < -0.4 is 16.4 Å². The topological polar surface area (TPSA) is 109 Å². The number of guanidine groups is 1. The van der Waals surface area contributed by atoms with Crippen LogP contribution in [0.15, 0.2) is 35.3 Å². The van der Waals surface area contributed by atoms with Crippen LogP contribution in [0.5, 0.6) is 0 Å². The molecule has 2 heterocycles. The molecule has 1 aromatic heterocycles. The van der Waals surface area contributed by atoms with E-state index in [0.29, 0.717) is 43.0 Å². The minimum absolute atomic E-state index is 0.114. The van der Waals surface area contributed by atoms with E-state index in [0.717, 1.165) is 22.6 Å². The maximum atomic E-state index is 11.5. The quantitative estimate of drug-likeness (QED) is 0.394. The fraction of sp³-hybridized carbons (Fsp3) is 0.381. The molecule has 1 aromatic carbocycles. The summed E-state index contributed by atoms with van der Waals surface area (Å²) in [5, 5.41) is 6.72. The molecule has 0 saturated carbocycles. The van der Waals surface area contributed by atoms with Gasteiger partial charge in [-0.25, -0.2) is 9.97 Å². The number of thiocarbonyl (C=S) groups is 1. The van der Waals surface area contributed by atoms with Crippen molar-refractivity contribution in [2.75, 3.05) is 23.7 Å². The molecule has 1 saturated heterocycles. The summed E-state index contributed by atoms with van der Waals surface area (Å²) >= 11 is 5.49. The van der Waals surface area contributed by atoms with Crippen molar-refractivity contribution in [3.63, 3.8) is 0 Å². The van der Waals surface area contributed by atoms with Gasteiger partial charge in [-0.15, -0.1) is 0 Å². The van der Waals surface area contributed by atoms with Crippen LogP contribution >= 0.6 is 12.2 Å². The Morgan fingerprint density at radius 2 is 1.77 bits per heavy atom. The molecule has 1 aliphatic rings. The number of carbonyl (C=O) groups is 1. The molecule has 3 rings (SSSR count). The molecule has 4 N–H and O–H groups in total. The van der Waals surface area contributed by atoms with Gasteiger partial charge in [0.1, 0.15) is 0 Å². The van der Waals surface area contributed by atoms with Crippen molar-refractivity contribution in [1.82, 2.24) is 14.9 Å². The van der Waals surface area contributed by atoms with Crippen molar-refractivity contribution in [2.24, 2.45) is 16.6 Å². The summed E-state index contributed by atoms with van der Waals surface area (Å²) in [5.41, 5.74) is 9.17. The molecule has 1 amide bonds. The fourth-order valence-corrected chi connectivity index (χ4v) is 3.58. The van der Waals surface area contributed by atoms with Gasteiger partial charge in [0.05, 0.1) is 0 Å². The van der Waals surface area contributed by atoms with Crippen molar-refractivity contribution in [3.8, 4) is 0 Å². The van der Waals surface area contributed by atoms with Crippen molar-refractivity contribution < 1.29 is 4.79 Å². The molecule has 0 bridgehead atoms. The smallest absolute Gasteiger partial charge is 0.229 e. The van der Waals surface area contributed by atoms with E-state index in [1.165, 1.54) is 0 Å². The third kappa shape index (κ3) is 5.73. The van der Waals surface area contributed by atoms with E-state index in [1.807, 2.05) is 56.0 Å². The van der Waals surface area contributed by atoms with Crippen LogP contribution in [-0.2, 0) is 4.79 Å². The Morgan fingerprint density at radius 1 is 1.13 bits per heavy atom. The van der Waals surface area contributed by atoms with Gasteiger partial charge in [-0.2, -0.15) is 4.99 Å². The molecular formula is C21H27N7OS. The lowest BCUT2D eigenvalue weighted by molar-refractivity contribution is -0.122. The maximum absolute atomic E-state index is 11.5. The highest BCUT2D eigenvalue weighted by molar-refractivity contribution is 7.80. The van der Waals surface area contributed by atoms with Crippen LogP contribution in [0.4, 0.5) is 11.6 Å². The Hall–Kier alpha value is -3.07. The number of carbonyl (C=O) groups excluding carboxylic acids is 1. The Morgan fingerprint density at radius 3 is 2.37 bits per heavy atom. The van der Waals surface area contributed by atoms with Crippen LogP contribution in [0.25, 0.3) is 0 Å². The normalized spacial score (nSPS) is 15.0. The van der Waals surface area contributed by atoms with E-state index in [4.69, 9.17) is 18.0 Å². The lowest BCUT2D eigenvalue weighted by Crippen LogP contribution is -2.45. The first kappa shape index (κ1) is 21.6. The third-order valence-corrected chi connectivity index (χ3v) is 5.19. The van der Waals surface area contributed by atoms with Gasteiger partial charge in [0.15, 0.2) is 0 Å². The van der Waals surface area contributed by atoms with Gasteiger partial charge >= 0.3 is 0 Å². The minimum atomic E-state index is -0.254. The fourth-order valence-electron chi connectivity index (χ4n) is 3.39. The summed E-state index contributed by atoms with van der Waals surface area (Å²) in [5.74, 6) is 0.642. The van der Waals surface area contributed by atoms with Crippen molar-refractivity contribution >= 4 is 40.8 Å². The van der Waals surface area contributed by atoms with Crippen molar-refractivity contribution in [3.05, 3.63) is 47.3 Å². The highest BCUT2D eigenvalue weighted by atomic mass is 32.1. The summed E-state index contributed by atoms with van der Waals surface area (Å²) in [4.78, 5) is 27.1. The number of amides is 1. The van der Waals surface area contributed by atoms with Crippen LogP contribution in [0.3, 0.4) is 0 Å². The van der Waals surface area contributed by atoms with Crippen LogP contribution in [-0.4, -0.2) is 44.9 Å². The number of aromatic nitrogens is 2. The average molecular weight is 426 g/mol. The largest absolute Gasteiger partial charge is 0.369 e. The number of nitrogens with one attached hydrogen (secondary N) is 2. The monoisotopic (exact) mass is 425 g/mol. The molecule has 0 radical (unpaired) electrons. The molecule has 0 atom stereocenters. The maximum Gasteiger partial charge on any atom is 0.229 e. The second kappa shape index (κ2) is 9.62. The molecule has 9 heteroatoms. The Balaban J connectivity index is 1.82. The van der Waals surface area contributed by atoms with E-state index in [2.05, 4.69) is 25.6 Å². The zero-order chi connectivity index (χ0) is 21.7. The standard InChI is InChI=1S/C21H27N7OS/c1-13-6-4-5-7-17(13)25-21(30)27-20(26-19-23-14(2)12-15(3)24-19)28-10-8-16(9-11-28)18(22)29/h4-7,12,16H,8-11H2,1-3H3,(H2,22,29)(H2,23,24,25,26,27,30). The number of hydrogen-bond donors (Lipinski definition) is 3. The predicted octanol–water partition coefficient (Wildman–Crippen LogP) is 2.76. The number of para-hydroxylation sites is 1. The number of likely N-dealkylation sites (tertiary alicyclic amines) is 1. The lowest BCUT2D eigenvalue weighted by atomic mass is 9.96. The van der Waals surface area contributed by atoms with Gasteiger partial charge < -0.3 is 16.0 Å². The Bertz CT molecular complexity index is 947. The van der Waals surface area contributed by atoms with Crippen molar-refractivity contribution in [1.29, 1.82) is 0 Å². The first-order valence-electron chi connectivity index (χ1n) is 9.90. The summed E-state index contributed by atoms with van der Waals surface area (Å²) in [6, 6.07) is 9.78. The molecule has 8 nitrogen and oxygen atoms in total. The molecule has 0 unspecified atom stereocenters.